The lowest BCUT2D eigenvalue weighted by Gasteiger charge is -1.99. The molecule has 0 unspecified atom stereocenters. The van der Waals surface area contributed by atoms with Gasteiger partial charge in [0, 0.05) is 5.33 Å². The first-order chi connectivity index (χ1) is 5.27. The van der Waals surface area contributed by atoms with Crippen molar-refractivity contribution in [2.75, 3.05) is 0 Å². The van der Waals surface area contributed by atoms with Gasteiger partial charge < -0.3 is 0 Å². The van der Waals surface area contributed by atoms with Crippen molar-refractivity contribution in [3.8, 4) is 6.07 Å². The van der Waals surface area contributed by atoms with Gasteiger partial charge in [0.05, 0.1) is 11.6 Å². The van der Waals surface area contributed by atoms with E-state index in [9.17, 15) is 0 Å². The molecule has 0 saturated heterocycles. The van der Waals surface area contributed by atoms with Crippen LogP contribution >= 0.6 is 15.9 Å². The first kappa shape index (κ1) is 8.35. The zero-order chi connectivity index (χ0) is 8.27. The van der Waals surface area contributed by atoms with Gasteiger partial charge in [0.25, 0.3) is 0 Å². The van der Waals surface area contributed by atoms with Gasteiger partial charge in [-0.3, -0.25) is 0 Å². The Bertz CT molecular complexity index is 303. The van der Waals surface area contributed by atoms with Crippen molar-refractivity contribution in [3.63, 3.8) is 0 Å². The maximum atomic E-state index is 8.63. The van der Waals surface area contributed by atoms with E-state index in [0.717, 1.165) is 5.56 Å². The summed E-state index contributed by atoms with van der Waals surface area (Å²) in [7, 11) is 5.53. The Labute approximate surface area is 75.6 Å². The number of nitrogens with zero attached hydrogens (tertiary/aromatic N) is 1. The average molecular weight is 206 g/mol. The van der Waals surface area contributed by atoms with Crippen LogP contribution in [0.4, 0.5) is 0 Å². The Balaban J connectivity index is 3.19. The smallest absolute Gasteiger partial charge is 0.113 e. The maximum absolute atomic E-state index is 8.63. The zero-order valence-corrected chi connectivity index (χ0v) is 7.43. The molecule has 0 aliphatic heterocycles. The monoisotopic (exact) mass is 205 g/mol. The van der Waals surface area contributed by atoms with Crippen LogP contribution in [0.3, 0.4) is 0 Å². The van der Waals surface area contributed by atoms with Crippen LogP contribution < -0.4 is 5.46 Å². The number of hydrogen-bond donors (Lipinski definition) is 0. The van der Waals surface area contributed by atoms with Crippen molar-refractivity contribution in [3.05, 3.63) is 29.3 Å². The summed E-state index contributed by atoms with van der Waals surface area (Å²) in [5, 5.41) is 9.30. The molecule has 1 aromatic rings. The minimum Gasteiger partial charge on any atom is -0.192 e. The van der Waals surface area contributed by atoms with Crippen LogP contribution in [-0.4, -0.2) is 7.85 Å². The van der Waals surface area contributed by atoms with Crippen LogP contribution in [0.2, 0.25) is 0 Å². The second-order valence-electron chi connectivity index (χ2n) is 2.16. The third-order valence-corrected chi connectivity index (χ3v) is 2.00. The lowest BCUT2D eigenvalue weighted by Crippen LogP contribution is -2.03. The van der Waals surface area contributed by atoms with E-state index in [1.807, 2.05) is 0 Å². The van der Waals surface area contributed by atoms with Gasteiger partial charge in [-0.1, -0.05) is 33.5 Å². The molecule has 0 aliphatic carbocycles. The van der Waals surface area contributed by atoms with Crippen LogP contribution in [-0.2, 0) is 5.33 Å². The number of benzene rings is 1. The van der Waals surface area contributed by atoms with Crippen molar-refractivity contribution in [2.24, 2.45) is 0 Å². The molecule has 0 aromatic heterocycles. The largest absolute Gasteiger partial charge is 0.192 e. The molecule has 1 rings (SSSR count). The molecule has 52 valence electrons. The molecule has 0 heterocycles. The van der Waals surface area contributed by atoms with Crippen molar-refractivity contribution < 1.29 is 0 Å². The minimum atomic E-state index is 0.668. The number of halogens is 1. The highest BCUT2D eigenvalue weighted by atomic mass is 79.9. The molecule has 1 aromatic carbocycles. The number of alkyl halides is 1. The second kappa shape index (κ2) is 3.59. The zero-order valence-electron chi connectivity index (χ0n) is 5.84. The molecule has 0 amide bonds. The SMILES string of the molecule is [B]c1ccc(C#N)c(CBr)c1. The summed E-state index contributed by atoms with van der Waals surface area (Å²) < 4.78 is 0. The van der Waals surface area contributed by atoms with Crippen LogP contribution in [0.25, 0.3) is 0 Å². The average Bonchev–Trinajstić information content (AvgIpc) is 2.04. The van der Waals surface area contributed by atoms with Crippen molar-refractivity contribution in [1.82, 2.24) is 0 Å². The molecular formula is C8H5BBrN. The van der Waals surface area contributed by atoms with Crippen LogP contribution in [0, 0.1) is 11.3 Å². The molecule has 1 nitrogen and oxygen atoms in total. The number of nitriles is 1. The molecule has 0 bridgehead atoms. The summed E-state index contributed by atoms with van der Waals surface area (Å²) in [5.41, 5.74) is 2.31. The topological polar surface area (TPSA) is 23.8 Å². The highest BCUT2D eigenvalue weighted by Crippen LogP contribution is 2.09. The van der Waals surface area contributed by atoms with Gasteiger partial charge in [0.1, 0.15) is 7.85 Å². The summed E-state index contributed by atoms with van der Waals surface area (Å²) in [5.74, 6) is 0. The Morgan fingerprint density at radius 2 is 2.27 bits per heavy atom. The van der Waals surface area contributed by atoms with Gasteiger partial charge >= 0.3 is 0 Å². The number of rotatable bonds is 1. The lowest BCUT2D eigenvalue weighted by atomic mass is 9.93. The quantitative estimate of drug-likeness (QED) is 0.500. The van der Waals surface area contributed by atoms with E-state index in [-0.39, 0.29) is 0 Å². The van der Waals surface area contributed by atoms with Crippen LogP contribution in [0.15, 0.2) is 18.2 Å². The van der Waals surface area contributed by atoms with Crippen molar-refractivity contribution in [1.29, 1.82) is 5.26 Å². The molecule has 0 fully saturated rings. The van der Waals surface area contributed by atoms with Gasteiger partial charge in [-0.05, 0) is 11.6 Å². The third-order valence-electron chi connectivity index (χ3n) is 1.39. The summed E-state index contributed by atoms with van der Waals surface area (Å²) >= 11 is 3.28. The number of hydrogen-bond acceptors (Lipinski definition) is 1. The fourth-order valence-electron chi connectivity index (χ4n) is 0.833. The molecule has 0 saturated carbocycles. The Morgan fingerprint density at radius 1 is 1.55 bits per heavy atom. The van der Waals surface area contributed by atoms with Gasteiger partial charge in [0.15, 0.2) is 0 Å². The molecule has 2 radical (unpaired) electrons. The summed E-state index contributed by atoms with van der Waals surface area (Å²) in [6.45, 7) is 0. The molecule has 3 heteroatoms. The summed E-state index contributed by atoms with van der Waals surface area (Å²) in [4.78, 5) is 0. The van der Waals surface area contributed by atoms with Crippen molar-refractivity contribution >= 4 is 29.2 Å². The highest BCUT2D eigenvalue weighted by Gasteiger charge is 1.98. The standard InChI is InChI=1S/C8H5BBrN/c9-8-2-1-6(5-11)7(3-8)4-10/h1-3H,4H2. The minimum absolute atomic E-state index is 0.668. The highest BCUT2D eigenvalue weighted by molar-refractivity contribution is 9.08. The molecule has 0 aliphatic rings. The first-order valence-electron chi connectivity index (χ1n) is 3.12. The van der Waals surface area contributed by atoms with E-state index in [4.69, 9.17) is 13.1 Å². The Kier molecular flexibility index (Phi) is 2.73. The Morgan fingerprint density at radius 3 is 2.82 bits per heavy atom. The van der Waals surface area contributed by atoms with Gasteiger partial charge in [-0.15, -0.1) is 0 Å². The van der Waals surface area contributed by atoms with Crippen LogP contribution in [0.1, 0.15) is 11.1 Å². The van der Waals surface area contributed by atoms with E-state index in [1.165, 1.54) is 0 Å². The van der Waals surface area contributed by atoms with Crippen molar-refractivity contribution in [2.45, 2.75) is 5.33 Å². The molecule has 0 spiro atoms. The fourth-order valence-corrected chi connectivity index (χ4v) is 1.30. The van der Waals surface area contributed by atoms with Gasteiger partial charge in [-0.2, -0.15) is 5.26 Å². The Hall–Kier alpha value is -0.745. The predicted molar refractivity (Wildman–Crippen MR) is 49.2 cm³/mol. The van der Waals surface area contributed by atoms with E-state index in [1.54, 1.807) is 18.2 Å². The second-order valence-corrected chi connectivity index (χ2v) is 2.72. The molecule has 0 atom stereocenters. The molecule has 11 heavy (non-hydrogen) atoms. The van der Waals surface area contributed by atoms with Gasteiger partial charge in [0.2, 0.25) is 0 Å². The fraction of sp³-hybridized carbons (Fsp3) is 0.125. The predicted octanol–water partition coefficient (Wildman–Crippen LogP) is 1.25. The normalized spacial score (nSPS) is 9.09. The van der Waals surface area contributed by atoms with Gasteiger partial charge in [-0.25, -0.2) is 0 Å². The van der Waals surface area contributed by atoms with Crippen LogP contribution in [0.5, 0.6) is 0 Å². The van der Waals surface area contributed by atoms with E-state index in [2.05, 4.69) is 22.0 Å². The maximum Gasteiger partial charge on any atom is 0.113 e. The van der Waals surface area contributed by atoms with E-state index in [0.29, 0.717) is 16.4 Å². The summed E-state index contributed by atoms with van der Waals surface area (Å²) in [6.07, 6.45) is 0. The van der Waals surface area contributed by atoms with E-state index < -0.39 is 0 Å². The third kappa shape index (κ3) is 1.84. The first-order valence-corrected chi connectivity index (χ1v) is 4.24. The van der Waals surface area contributed by atoms with E-state index >= 15 is 0 Å². The molecule has 0 N–H and O–H groups in total. The lowest BCUT2D eigenvalue weighted by molar-refractivity contribution is 1.38. The summed E-state index contributed by atoms with van der Waals surface area (Å²) in [6, 6.07) is 7.34. The molecular weight excluding hydrogens is 201 g/mol.